The molecule has 0 radical (unpaired) electrons. The zero-order valence-corrected chi connectivity index (χ0v) is 8.92. The standard InChI is InChI=1S/C11H22N2/c1-4-10(2)12-9-11-7-5-6-8-13(11)3/h4,10-12H,1,5-9H2,2-3H3. The molecule has 0 aromatic heterocycles. The van der Waals surface area contributed by atoms with Gasteiger partial charge in [-0.1, -0.05) is 12.5 Å². The minimum absolute atomic E-state index is 0.440. The Labute approximate surface area is 82.0 Å². The summed E-state index contributed by atoms with van der Waals surface area (Å²) in [5.41, 5.74) is 0. The van der Waals surface area contributed by atoms with Crippen molar-refractivity contribution in [3.05, 3.63) is 12.7 Å². The minimum Gasteiger partial charge on any atom is -0.309 e. The molecule has 13 heavy (non-hydrogen) atoms. The minimum atomic E-state index is 0.440. The molecule has 0 amide bonds. The second-order valence-electron chi connectivity index (χ2n) is 4.06. The third-order valence-corrected chi connectivity index (χ3v) is 2.95. The molecule has 1 heterocycles. The van der Waals surface area contributed by atoms with E-state index in [4.69, 9.17) is 0 Å². The molecular weight excluding hydrogens is 160 g/mol. The summed E-state index contributed by atoms with van der Waals surface area (Å²) in [5.74, 6) is 0. The Morgan fingerprint density at radius 2 is 2.38 bits per heavy atom. The third-order valence-electron chi connectivity index (χ3n) is 2.95. The van der Waals surface area contributed by atoms with Gasteiger partial charge >= 0.3 is 0 Å². The van der Waals surface area contributed by atoms with Gasteiger partial charge in [-0.2, -0.15) is 0 Å². The van der Waals surface area contributed by atoms with E-state index in [0.29, 0.717) is 6.04 Å². The van der Waals surface area contributed by atoms with Crippen molar-refractivity contribution in [1.82, 2.24) is 10.2 Å². The average molecular weight is 182 g/mol. The predicted molar refractivity (Wildman–Crippen MR) is 57.9 cm³/mol. The molecule has 0 aromatic rings. The highest BCUT2D eigenvalue weighted by Gasteiger charge is 2.18. The Morgan fingerprint density at radius 1 is 1.62 bits per heavy atom. The summed E-state index contributed by atoms with van der Waals surface area (Å²) in [6.07, 6.45) is 6.05. The van der Waals surface area contributed by atoms with Gasteiger partial charge in [0.1, 0.15) is 0 Å². The Morgan fingerprint density at radius 3 is 3.00 bits per heavy atom. The molecule has 1 fully saturated rings. The molecule has 2 atom stereocenters. The Kier molecular flexibility index (Phi) is 4.46. The molecular formula is C11H22N2. The average Bonchev–Trinajstić information content (AvgIpc) is 2.16. The van der Waals surface area contributed by atoms with Gasteiger partial charge in [-0.15, -0.1) is 6.58 Å². The SMILES string of the molecule is C=CC(C)NCC1CCCCN1C. The van der Waals surface area contributed by atoms with Gasteiger partial charge in [0.2, 0.25) is 0 Å². The maximum atomic E-state index is 3.77. The van der Waals surface area contributed by atoms with Crippen molar-refractivity contribution in [2.24, 2.45) is 0 Å². The molecule has 0 bridgehead atoms. The fourth-order valence-electron chi connectivity index (χ4n) is 1.81. The van der Waals surface area contributed by atoms with Crippen LogP contribution in [0.3, 0.4) is 0 Å². The van der Waals surface area contributed by atoms with Crippen LogP contribution in [0.15, 0.2) is 12.7 Å². The molecule has 76 valence electrons. The van der Waals surface area contributed by atoms with Crippen molar-refractivity contribution in [1.29, 1.82) is 0 Å². The molecule has 0 aromatic carbocycles. The highest BCUT2D eigenvalue weighted by Crippen LogP contribution is 2.13. The van der Waals surface area contributed by atoms with Gasteiger partial charge in [0.05, 0.1) is 0 Å². The lowest BCUT2D eigenvalue weighted by Gasteiger charge is -2.33. The van der Waals surface area contributed by atoms with Gasteiger partial charge in [0.25, 0.3) is 0 Å². The van der Waals surface area contributed by atoms with Crippen LogP contribution in [-0.2, 0) is 0 Å². The highest BCUT2D eigenvalue weighted by molar-refractivity contribution is 4.84. The molecule has 1 N–H and O–H groups in total. The van der Waals surface area contributed by atoms with Crippen LogP contribution in [0.2, 0.25) is 0 Å². The molecule has 0 aliphatic carbocycles. The topological polar surface area (TPSA) is 15.3 Å². The molecule has 2 nitrogen and oxygen atoms in total. The first kappa shape index (κ1) is 10.7. The van der Waals surface area contributed by atoms with Gasteiger partial charge in [0.15, 0.2) is 0 Å². The second kappa shape index (κ2) is 5.40. The number of nitrogens with one attached hydrogen (secondary N) is 1. The lowest BCUT2D eigenvalue weighted by atomic mass is 10.0. The maximum Gasteiger partial charge on any atom is 0.0219 e. The van der Waals surface area contributed by atoms with Crippen molar-refractivity contribution < 1.29 is 0 Å². The van der Waals surface area contributed by atoms with Crippen molar-refractivity contribution in [3.63, 3.8) is 0 Å². The summed E-state index contributed by atoms with van der Waals surface area (Å²) in [5, 5.41) is 3.47. The number of hydrogen-bond donors (Lipinski definition) is 1. The molecule has 0 saturated carbocycles. The highest BCUT2D eigenvalue weighted by atomic mass is 15.2. The van der Waals surface area contributed by atoms with Gasteiger partial charge in [-0.25, -0.2) is 0 Å². The van der Waals surface area contributed by atoms with Crippen molar-refractivity contribution in [2.75, 3.05) is 20.1 Å². The Bertz CT molecular complexity index is 156. The monoisotopic (exact) mass is 182 g/mol. The Hall–Kier alpha value is -0.340. The van der Waals surface area contributed by atoms with Crippen LogP contribution in [0.25, 0.3) is 0 Å². The summed E-state index contributed by atoms with van der Waals surface area (Å²) in [4.78, 5) is 2.46. The van der Waals surface area contributed by atoms with Crippen molar-refractivity contribution in [3.8, 4) is 0 Å². The van der Waals surface area contributed by atoms with Crippen molar-refractivity contribution in [2.45, 2.75) is 38.3 Å². The number of piperidine rings is 1. The smallest absolute Gasteiger partial charge is 0.0219 e. The van der Waals surface area contributed by atoms with E-state index in [1.54, 1.807) is 0 Å². The molecule has 1 aliphatic rings. The molecule has 2 unspecified atom stereocenters. The first-order chi connectivity index (χ1) is 6.24. The molecule has 1 rings (SSSR count). The van der Waals surface area contributed by atoms with Crippen LogP contribution < -0.4 is 5.32 Å². The quantitative estimate of drug-likeness (QED) is 0.665. The number of rotatable bonds is 4. The van der Waals surface area contributed by atoms with E-state index < -0.39 is 0 Å². The summed E-state index contributed by atoms with van der Waals surface area (Å²) in [6, 6.07) is 1.17. The van der Waals surface area contributed by atoms with Crippen LogP contribution in [0.1, 0.15) is 26.2 Å². The molecule has 1 aliphatic heterocycles. The maximum absolute atomic E-state index is 3.77. The normalized spacial score (nSPS) is 27.1. The van der Waals surface area contributed by atoms with Gasteiger partial charge in [-0.3, -0.25) is 0 Å². The largest absolute Gasteiger partial charge is 0.309 e. The van der Waals surface area contributed by atoms with E-state index in [0.717, 1.165) is 12.6 Å². The van der Waals surface area contributed by atoms with Crippen LogP contribution in [-0.4, -0.2) is 37.1 Å². The van der Waals surface area contributed by atoms with Gasteiger partial charge < -0.3 is 10.2 Å². The number of likely N-dealkylation sites (tertiary alicyclic amines) is 1. The van der Waals surface area contributed by atoms with E-state index in [-0.39, 0.29) is 0 Å². The summed E-state index contributed by atoms with van der Waals surface area (Å²) >= 11 is 0. The molecule has 1 saturated heterocycles. The van der Waals surface area contributed by atoms with E-state index in [2.05, 4.69) is 30.8 Å². The third kappa shape index (κ3) is 3.49. The van der Waals surface area contributed by atoms with Crippen LogP contribution in [0.5, 0.6) is 0 Å². The number of likely N-dealkylation sites (N-methyl/N-ethyl adjacent to an activating group) is 1. The van der Waals surface area contributed by atoms with Crippen LogP contribution in [0.4, 0.5) is 0 Å². The summed E-state index contributed by atoms with van der Waals surface area (Å²) in [7, 11) is 2.23. The van der Waals surface area contributed by atoms with Crippen LogP contribution in [0, 0.1) is 0 Å². The lowest BCUT2D eigenvalue weighted by Crippen LogP contribution is -2.44. The lowest BCUT2D eigenvalue weighted by molar-refractivity contribution is 0.180. The zero-order valence-electron chi connectivity index (χ0n) is 8.92. The van der Waals surface area contributed by atoms with E-state index in [1.807, 2.05) is 6.08 Å². The number of hydrogen-bond acceptors (Lipinski definition) is 2. The van der Waals surface area contributed by atoms with E-state index >= 15 is 0 Å². The second-order valence-corrected chi connectivity index (χ2v) is 4.06. The van der Waals surface area contributed by atoms with Gasteiger partial charge in [-0.05, 0) is 33.4 Å². The summed E-state index contributed by atoms with van der Waals surface area (Å²) in [6.45, 7) is 8.28. The first-order valence-electron chi connectivity index (χ1n) is 5.30. The van der Waals surface area contributed by atoms with E-state index in [1.165, 1.54) is 25.8 Å². The Balaban J connectivity index is 2.22. The van der Waals surface area contributed by atoms with Crippen molar-refractivity contribution >= 4 is 0 Å². The summed E-state index contributed by atoms with van der Waals surface area (Å²) < 4.78 is 0. The zero-order chi connectivity index (χ0) is 9.68. The molecule has 2 heteroatoms. The number of nitrogens with zero attached hydrogens (tertiary/aromatic N) is 1. The van der Waals surface area contributed by atoms with Crippen LogP contribution >= 0.6 is 0 Å². The molecule has 0 spiro atoms. The fraction of sp³-hybridized carbons (Fsp3) is 0.818. The van der Waals surface area contributed by atoms with Gasteiger partial charge in [0, 0.05) is 18.6 Å². The fourth-order valence-corrected chi connectivity index (χ4v) is 1.81. The van der Waals surface area contributed by atoms with E-state index in [9.17, 15) is 0 Å². The first-order valence-corrected chi connectivity index (χ1v) is 5.30. The predicted octanol–water partition coefficient (Wildman–Crippen LogP) is 1.63.